The van der Waals surface area contributed by atoms with Gasteiger partial charge in [0.1, 0.15) is 18.6 Å². The maximum Gasteiger partial charge on any atom is 0.142 e. The summed E-state index contributed by atoms with van der Waals surface area (Å²) in [6.07, 6.45) is 3.82. The average Bonchev–Trinajstić information content (AvgIpc) is 2.14. The molecule has 0 fully saturated rings. The monoisotopic (exact) mass is 162 g/mol. The van der Waals surface area contributed by atoms with Crippen molar-refractivity contribution in [2.45, 2.75) is 0 Å². The number of benzene rings is 1. The summed E-state index contributed by atoms with van der Waals surface area (Å²) in [5.74, 6) is 0.813. The van der Waals surface area contributed by atoms with Crippen molar-refractivity contribution in [1.82, 2.24) is 0 Å². The number of carbonyl (C=O) groups is 1. The molecule has 12 heavy (non-hydrogen) atoms. The fourth-order valence-electron chi connectivity index (χ4n) is 0.772. The third-order valence-electron chi connectivity index (χ3n) is 1.30. The first kappa shape index (κ1) is 8.53. The summed E-state index contributed by atoms with van der Waals surface area (Å²) < 4.78 is 5.26. The quantitative estimate of drug-likeness (QED) is 0.498. The van der Waals surface area contributed by atoms with E-state index in [0.29, 0.717) is 6.61 Å². The SMILES string of the molecule is O=C/C=C/COc1ccccc1. The highest BCUT2D eigenvalue weighted by atomic mass is 16.5. The normalized spacial score (nSPS) is 10.0. The number of hydrogen-bond donors (Lipinski definition) is 0. The molecule has 0 aliphatic carbocycles. The zero-order chi connectivity index (χ0) is 8.65. The lowest BCUT2D eigenvalue weighted by Crippen LogP contribution is -1.92. The molecule has 2 heteroatoms. The van der Waals surface area contributed by atoms with Gasteiger partial charge in [0.15, 0.2) is 0 Å². The van der Waals surface area contributed by atoms with Gasteiger partial charge in [-0.3, -0.25) is 4.79 Å². The molecule has 0 aromatic heterocycles. The van der Waals surface area contributed by atoms with Gasteiger partial charge in [0.05, 0.1) is 0 Å². The van der Waals surface area contributed by atoms with Crippen LogP contribution in [0.5, 0.6) is 5.75 Å². The second kappa shape index (κ2) is 5.13. The maximum atomic E-state index is 9.87. The molecule has 0 spiro atoms. The molecule has 0 bridgehead atoms. The zero-order valence-electron chi connectivity index (χ0n) is 6.64. The van der Waals surface area contributed by atoms with E-state index in [-0.39, 0.29) is 0 Å². The van der Waals surface area contributed by atoms with E-state index in [0.717, 1.165) is 12.0 Å². The van der Waals surface area contributed by atoms with Gasteiger partial charge in [-0.1, -0.05) is 18.2 Å². The second-order valence-electron chi connectivity index (χ2n) is 2.19. The molecule has 1 aromatic rings. The van der Waals surface area contributed by atoms with Gasteiger partial charge in [0.25, 0.3) is 0 Å². The first-order valence-corrected chi connectivity index (χ1v) is 3.71. The molecule has 0 N–H and O–H groups in total. The first-order valence-electron chi connectivity index (χ1n) is 3.71. The van der Waals surface area contributed by atoms with Crippen molar-refractivity contribution in [3.05, 3.63) is 42.5 Å². The minimum Gasteiger partial charge on any atom is -0.490 e. The Morgan fingerprint density at radius 2 is 2.00 bits per heavy atom. The third-order valence-corrected chi connectivity index (χ3v) is 1.30. The largest absolute Gasteiger partial charge is 0.490 e. The molecule has 1 rings (SSSR count). The van der Waals surface area contributed by atoms with Crippen LogP contribution in [0.1, 0.15) is 0 Å². The van der Waals surface area contributed by atoms with Crippen LogP contribution in [0.15, 0.2) is 42.5 Å². The van der Waals surface area contributed by atoms with Gasteiger partial charge in [-0.15, -0.1) is 0 Å². The molecule has 0 saturated carbocycles. The molecule has 0 radical (unpaired) electrons. The van der Waals surface area contributed by atoms with Crippen LogP contribution in [0.2, 0.25) is 0 Å². The molecule has 0 aliphatic heterocycles. The number of aldehydes is 1. The van der Waals surface area contributed by atoms with E-state index in [1.54, 1.807) is 6.08 Å². The van der Waals surface area contributed by atoms with Crippen molar-refractivity contribution in [3.63, 3.8) is 0 Å². The Morgan fingerprint density at radius 3 is 2.67 bits per heavy atom. The lowest BCUT2D eigenvalue weighted by atomic mass is 10.3. The maximum absolute atomic E-state index is 9.87. The van der Waals surface area contributed by atoms with Crippen molar-refractivity contribution in [2.75, 3.05) is 6.61 Å². The Balaban J connectivity index is 2.33. The van der Waals surface area contributed by atoms with Crippen molar-refractivity contribution >= 4 is 6.29 Å². The van der Waals surface area contributed by atoms with E-state index in [9.17, 15) is 4.79 Å². The van der Waals surface area contributed by atoms with Crippen LogP contribution < -0.4 is 4.74 Å². The van der Waals surface area contributed by atoms with Crippen LogP contribution in [0, 0.1) is 0 Å². The average molecular weight is 162 g/mol. The van der Waals surface area contributed by atoms with Crippen molar-refractivity contribution in [2.24, 2.45) is 0 Å². The number of para-hydroxylation sites is 1. The number of carbonyl (C=O) groups excluding carboxylic acids is 1. The number of hydrogen-bond acceptors (Lipinski definition) is 2. The predicted octanol–water partition coefficient (Wildman–Crippen LogP) is 1.82. The molecular formula is C10H10O2. The van der Waals surface area contributed by atoms with E-state index < -0.39 is 0 Å². The molecule has 0 heterocycles. The predicted molar refractivity (Wildman–Crippen MR) is 47.1 cm³/mol. The molecule has 2 nitrogen and oxygen atoms in total. The second-order valence-corrected chi connectivity index (χ2v) is 2.19. The highest BCUT2D eigenvalue weighted by Crippen LogP contribution is 2.07. The molecule has 1 aromatic carbocycles. The Morgan fingerprint density at radius 1 is 1.25 bits per heavy atom. The van der Waals surface area contributed by atoms with E-state index in [1.807, 2.05) is 30.3 Å². The molecule has 0 amide bonds. The van der Waals surface area contributed by atoms with E-state index in [4.69, 9.17) is 4.74 Å². The number of allylic oxidation sites excluding steroid dienone is 1. The topological polar surface area (TPSA) is 26.3 Å². The Kier molecular flexibility index (Phi) is 3.64. The van der Waals surface area contributed by atoms with Crippen LogP contribution in [0.25, 0.3) is 0 Å². The standard InChI is InChI=1S/C10H10O2/c11-8-4-5-9-12-10-6-2-1-3-7-10/h1-8H,9H2/b5-4+. The van der Waals surface area contributed by atoms with Crippen molar-refractivity contribution in [1.29, 1.82) is 0 Å². The summed E-state index contributed by atoms with van der Waals surface area (Å²) >= 11 is 0. The molecule has 0 unspecified atom stereocenters. The van der Waals surface area contributed by atoms with Crippen LogP contribution in [0.4, 0.5) is 0 Å². The van der Waals surface area contributed by atoms with E-state index in [2.05, 4.69) is 0 Å². The van der Waals surface area contributed by atoms with E-state index in [1.165, 1.54) is 6.08 Å². The van der Waals surface area contributed by atoms with E-state index >= 15 is 0 Å². The van der Waals surface area contributed by atoms with Crippen LogP contribution in [0.3, 0.4) is 0 Å². The number of ether oxygens (including phenoxy) is 1. The highest BCUT2D eigenvalue weighted by Gasteiger charge is 1.85. The summed E-state index contributed by atoms with van der Waals surface area (Å²) in [5, 5.41) is 0. The minimum atomic E-state index is 0.433. The lowest BCUT2D eigenvalue weighted by molar-refractivity contribution is -0.104. The highest BCUT2D eigenvalue weighted by molar-refractivity contribution is 5.64. The summed E-state index contributed by atoms with van der Waals surface area (Å²) in [6.45, 7) is 0.433. The molecule has 62 valence electrons. The lowest BCUT2D eigenvalue weighted by Gasteiger charge is -2.00. The van der Waals surface area contributed by atoms with Gasteiger partial charge in [-0.25, -0.2) is 0 Å². The fraction of sp³-hybridized carbons (Fsp3) is 0.100. The molecule has 0 aliphatic rings. The smallest absolute Gasteiger partial charge is 0.142 e. The summed E-state index contributed by atoms with van der Waals surface area (Å²) in [7, 11) is 0. The van der Waals surface area contributed by atoms with Crippen LogP contribution >= 0.6 is 0 Å². The van der Waals surface area contributed by atoms with Crippen molar-refractivity contribution in [3.8, 4) is 5.75 Å². The molecule has 0 saturated heterocycles. The van der Waals surface area contributed by atoms with Crippen LogP contribution in [-0.2, 0) is 4.79 Å². The summed E-state index contributed by atoms with van der Waals surface area (Å²) in [5.41, 5.74) is 0. The van der Waals surface area contributed by atoms with Gasteiger partial charge < -0.3 is 4.74 Å². The Labute approximate surface area is 71.5 Å². The Bertz CT molecular complexity index is 252. The van der Waals surface area contributed by atoms with Crippen LogP contribution in [-0.4, -0.2) is 12.9 Å². The van der Waals surface area contributed by atoms with Gasteiger partial charge in [-0.05, 0) is 24.3 Å². The van der Waals surface area contributed by atoms with Gasteiger partial charge >= 0.3 is 0 Å². The Hall–Kier alpha value is -1.57. The molecular weight excluding hydrogens is 152 g/mol. The van der Waals surface area contributed by atoms with Gasteiger partial charge in [0.2, 0.25) is 0 Å². The minimum absolute atomic E-state index is 0.433. The fourth-order valence-corrected chi connectivity index (χ4v) is 0.772. The molecule has 0 atom stereocenters. The first-order chi connectivity index (χ1) is 5.93. The summed E-state index contributed by atoms with van der Waals surface area (Å²) in [6, 6.07) is 9.47. The van der Waals surface area contributed by atoms with Gasteiger partial charge in [-0.2, -0.15) is 0 Å². The van der Waals surface area contributed by atoms with Gasteiger partial charge in [0, 0.05) is 0 Å². The third kappa shape index (κ3) is 3.01. The van der Waals surface area contributed by atoms with Crippen molar-refractivity contribution < 1.29 is 9.53 Å². The number of rotatable bonds is 4. The zero-order valence-corrected chi connectivity index (χ0v) is 6.64. The summed E-state index contributed by atoms with van der Waals surface area (Å²) in [4.78, 5) is 9.87.